The number of rotatable bonds is 5. The summed E-state index contributed by atoms with van der Waals surface area (Å²) in [7, 11) is -3.64. The molecule has 5 rings (SSSR count). The van der Waals surface area contributed by atoms with E-state index in [2.05, 4.69) is 10.3 Å². The number of thiazole rings is 1. The first-order chi connectivity index (χ1) is 14.5. The number of hydrogen-bond acceptors (Lipinski definition) is 6. The molecule has 1 N–H and O–H groups in total. The number of sulfonamides is 1. The average Bonchev–Trinajstić information content (AvgIpc) is 3.43. The quantitative estimate of drug-likeness (QED) is 0.497. The molecular weight excluding hydrogens is 440 g/mol. The standard InChI is InChI=1S/C20H18N4O3S3/c25-19(11-16-13-23-7-9-29-20(23)22-16)21-15-2-1-3-17(10-15)30(26,27)24-6-4-18-14(12-24)5-8-28-18/h1-3,5,7-10,13H,4,6,11-12H2,(H,21,25). The van der Waals surface area contributed by atoms with E-state index in [0.29, 0.717) is 24.5 Å². The third-order valence-electron chi connectivity index (χ3n) is 5.01. The fourth-order valence-electron chi connectivity index (χ4n) is 3.54. The zero-order valence-corrected chi connectivity index (χ0v) is 18.3. The van der Waals surface area contributed by atoms with Gasteiger partial charge in [-0.15, -0.1) is 22.7 Å². The highest BCUT2D eigenvalue weighted by Gasteiger charge is 2.29. The lowest BCUT2D eigenvalue weighted by Crippen LogP contribution is -2.35. The molecular formula is C20H18N4O3S3. The van der Waals surface area contributed by atoms with Crippen LogP contribution in [0.4, 0.5) is 5.69 Å². The summed E-state index contributed by atoms with van der Waals surface area (Å²) in [6.07, 6.45) is 4.56. The van der Waals surface area contributed by atoms with Gasteiger partial charge < -0.3 is 5.32 Å². The Bertz CT molecular complexity index is 1310. The van der Waals surface area contributed by atoms with Crippen LogP contribution in [0.25, 0.3) is 4.96 Å². The minimum absolute atomic E-state index is 0.123. The number of fused-ring (bicyclic) bond motifs is 2. The van der Waals surface area contributed by atoms with Gasteiger partial charge in [-0.25, -0.2) is 13.4 Å². The van der Waals surface area contributed by atoms with Crippen molar-refractivity contribution in [2.75, 3.05) is 11.9 Å². The maximum Gasteiger partial charge on any atom is 0.243 e. The van der Waals surface area contributed by atoms with Crippen molar-refractivity contribution in [3.8, 4) is 0 Å². The molecule has 0 aliphatic carbocycles. The van der Waals surface area contributed by atoms with Crippen molar-refractivity contribution in [1.29, 1.82) is 0 Å². The second kappa shape index (κ2) is 7.62. The normalized spacial score (nSPS) is 14.7. The molecule has 1 aromatic carbocycles. The number of hydrogen-bond donors (Lipinski definition) is 1. The van der Waals surface area contributed by atoms with E-state index in [-0.39, 0.29) is 17.2 Å². The van der Waals surface area contributed by atoms with Crippen molar-refractivity contribution in [1.82, 2.24) is 13.7 Å². The number of carbonyl (C=O) groups excluding carboxylic acids is 1. The van der Waals surface area contributed by atoms with Crippen molar-refractivity contribution < 1.29 is 13.2 Å². The molecule has 0 unspecified atom stereocenters. The molecule has 0 fully saturated rings. The van der Waals surface area contributed by atoms with Gasteiger partial charge in [-0.3, -0.25) is 9.20 Å². The summed E-state index contributed by atoms with van der Waals surface area (Å²) in [6, 6.07) is 8.41. The monoisotopic (exact) mass is 458 g/mol. The number of nitrogens with zero attached hydrogens (tertiary/aromatic N) is 3. The molecule has 7 nitrogen and oxygen atoms in total. The predicted molar refractivity (Wildman–Crippen MR) is 117 cm³/mol. The fraction of sp³-hybridized carbons (Fsp3) is 0.200. The lowest BCUT2D eigenvalue weighted by atomic mass is 10.1. The molecule has 1 aliphatic rings. The van der Waals surface area contributed by atoms with Crippen LogP contribution in [0.3, 0.4) is 0 Å². The summed E-state index contributed by atoms with van der Waals surface area (Å²) < 4.78 is 29.6. The van der Waals surface area contributed by atoms with Crippen LogP contribution < -0.4 is 5.32 Å². The first-order valence-corrected chi connectivity index (χ1v) is 12.6. The van der Waals surface area contributed by atoms with Crippen LogP contribution in [-0.4, -0.2) is 34.6 Å². The minimum Gasteiger partial charge on any atom is -0.326 e. The van der Waals surface area contributed by atoms with E-state index < -0.39 is 10.0 Å². The highest BCUT2D eigenvalue weighted by molar-refractivity contribution is 7.89. The van der Waals surface area contributed by atoms with E-state index in [1.165, 1.54) is 26.6 Å². The number of anilines is 1. The summed E-state index contributed by atoms with van der Waals surface area (Å²) in [5.41, 5.74) is 2.19. The lowest BCUT2D eigenvalue weighted by molar-refractivity contribution is -0.115. The van der Waals surface area contributed by atoms with Crippen LogP contribution in [0, 0.1) is 0 Å². The number of thiophene rings is 1. The largest absolute Gasteiger partial charge is 0.326 e. The van der Waals surface area contributed by atoms with Crippen molar-refractivity contribution in [2.24, 2.45) is 0 Å². The molecule has 1 aliphatic heterocycles. The van der Waals surface area contributed by atoms with Crippen molar-refractivity contribution in [2.45, 2.75) is 24.3 Å². The highest BCUT2D eigenvalue weighted by atomic mass is 32.2. The van der Waals surface area contributed by atoms with E-state index >= 15 is 0 Å². The Morgan fingerprint density at radius 1 is 1.20 bits per heavy atom. The van der Waals surface area contributed by atoms with Crippen molar-refractivity contribution >= 4 is 49.3 Å². The number of aromatic nitrogens is 2. The van der Waals surface area contributed by atoms with Crippen LogP contribution in [0.15, 0.2) is 58.4 Å². The summed E-state index contributed by atoms with van der Waals surface area (Å²) >= 11 is 3.17. The average molecular weight is 459 g/mol. The minimum atomic E-state index is -3.64. The van der Waals surface area contributed by atoms with Gasteiger partial charge in [0, 0.05) is 41.4 Å². The molecule has 0 saturated heterocycles. The Morgan fingerprint density at radius 3 is 2.97 bits per heavy atom. The third kappa shape index (κ3) is 3.67. The van der Waals surface area contributed by atoms with Crippen LogP contribution >= 0.6 is 22.7 Å². The van der Waals surface area contributed by atoms with Gasteiger partial charge in [0.25, 0.3) is 0 Å². The van der Waals surface area contributed by atoms with Gasteiger partial charge in [-0.05, 0) is 41.6 Å². The molecule has 0 radical (unpaired) electrons. The molecule has 0 saturated carbocycles. The van der Waals surface area contributed by atoms with E-state index in [0.717, 1.165) is 16.9 Å². The summed E-state index contributed by atoms with van der Waals surface area (Å²) in [6.45, 7) is 0.846. The first-order valence-electron chi connectivity index (χ1n) is 9.35. The molecule has 154 valence electrons. The van der Waals surface area contributed by atoms with Gasteiger partial charge in [0.15, 0.2) is 4.96 Å². The molecule has 4 aromatic rings. The smallest absolute Gasteiger partial charge is 0.243 e. The SMILES string of the molecule is O=C(Cc1cn2ccsc2n1)Nc1cccc(S(=O)(=O)N2CCc3sccc3C2)c1. The van der Waals surface area contributed by atoms with E-state index in [1.807, 2.05) is 33.6 Å². The molecule has 0 spiro atoms. The second-order valence-corrected chi connectivity index (χ2v) is 10.8. The molecule has 4 heterocycles. The van der Waals surface area contributed by atoms with Crippen molar-refractivity contribution in [3.05, 3.63) is 69.6 Å². The number of amides is 1. The summed E-state index contributed by atoms with van der Waals surface area (Å²) in [5.74, 6) is -0.240. The number of carbonyl (C=O) groups is 1. The highest BCUT2D eigenvalue weighted by Crippen LogP contribution is 2.29. The molecule has 10 heteroatoms. The van der Waals surface area contributed by atoms with Gasteiger partial charge in [0.1, 0.15) is 0 Å². The fourth-order valence-corrected chi connectivity index (χ4v) is 6.62. The van der Waals surface area contributed by atoms with Gasteiger partial charge in [0.2, 0.25) is 15.9 Å². The van der Waals surface area contributed by atoms with Crippen LogP contribution in [0.2, 0.25) is 0 Å². The zero-order chi connectivity index (χ0) is 20.7. The summed E-state index contributed by atoms with van der Waals surface area (Å²) in [4.78, 5) is 19.1. The maximum atomic E-state index is 13.1. The van der Waals surface area contributed by atoms with E-state index in [9.17, 15) is 13.2 Å². The van der Waals surface area contributed by atoms with Crippen LogP contribution in [0.5, 0.6) is 0 Å². The molecule has 1 amide bonds. The van der Waals surface area contributed by atoms with E-state index in [4.69, 9.17) is 0 Å². The summed E-state index contributed by atoms with van der Waals surface area (Å²) in [5, 5.41) is 6.72. The Labute approximate surface area is 181 Å². The molecule has 0 atom stereocenters. The van der Waals surface area contributed by atoms with Crippen LogP contribution in [0.1, 0.15) is 16.1 Å². The molecule has 3 aromatic heterocycles. The Morgan fingerprint density at radius 2 is 2.10 bits per heavy atom. The van der Waals surface area contributed by atoms with Gasteiger partial charge in [-0.1, -0.05) is 6.07 Å². The van der Waals surface area contributed by atoms with Crippen molar-refractivity contribution in [3.63, 3.8) is 0 Å². The third-order valence-corrected chi connectivity index (χ3v) is 8.65. The zero-order valence-electron chi connectivity index (χ0n) is 15.8. The second-order valence-electron chi connectivity index (χ2n) is 7.04. The molecule has 30 heavy (non-hydrogen) atoms. The lowest BCUT2D eigenvalue weighted by Gasteiger charge is -2.26. The van der Waals surface area contributed by atoms with Gasteiger partial charge >= 0.3 is 0 Å². The van der Waals surface area contributed by atoms with E-state index in [1.54, 1.807) is 29.5 Å². The topological polar surface area (TPSA) is 83.8 Å². The van der Waals surface area contributed by atoms with Gasteiger partial charge in [-0.2, -0.15) is 4.31 Å². The molecule has 0 bridgehead atoms. The van der Waals surface area contributed by atoms with Gasteiger partial charge in [0.05, 0.1) is 17.0 Å². The first kappa shape index (κ1) is 19.4. The number of benzene rings is 1. The van der Waals surface area contributed by atoms with Crippen LogP contribution in [-0.2, 0) is 34.2 Å². The number of imidazole rings is 1. The maximum absolute atomic E-state index is 13.1. The predicted octanol–water partition coefficient (Wildman–Crippen LogP) is 3.39. The Kier molecular flexibility index (Phi) is 4.94. The number of nitrogens with one attached hydrogen (secondary N) is 1. The Balaban J connectivity index is 1.31. The Hall–Kier alpha value is -2.53.